The number of nitrogens with two attached hydrogens (primary N) is 1. The highest BCUT2D eigenvalue weighted by Gasteiger charge is 2.05. The molecule has 18 heavy (non-hydrogen) atoms. The molecule has 0 aliphatic heterocycles. The van der Waals surface area contributed by atoms with Crippen LogP contribution in [-0.4, -0.2) is 17.6 Å². The molecule has 1 aromatic carbocycles. The van der Waals surface area contributed by atoms with Crippen LogP contribution in [0.1, 0.15) is 27.8 Å². The number of thioether (sulfide) groups is 1. The minimum atomic E-state index is 0. The van der Waals surface area contributed by atoms with Gasteiger partial charge in [0.15, 0.2) is 5.17 Å². The van der Waals surface area contributed by atoms with Crippen LogP contribution in [0.25, 0.3) is 0 Å². The molecule has 2 N–H and O–H groups in total. The number of amidine groups is 1. The zero-order valence-corrected chi connectivity index (χ0v) is 14.6. The second kappa shape index (κ2) is 7.78. The van der Waals surface area contributed by atoms with Crippen molar-refractivity contribution in [2.24, 2.45) is 15.9 Å². The van der Waals surface area contributed by atoms with E-state index in [9.17, 15) is 0 Å². The van der Waals surface area contributed by atoms with Gasteiger partial charge in [-0.25, -0.2) is 0 Å². The zero-order valence-electron chi connectivity index (χ0n) is 11.4. The molecule has 0 atom stereocenters. The smallest absolute Gasteiger partial charge is 0.180 e. The average Bonchev–Trinajstić information content (AvgIpc) is 2.30. The van der Waals surface area contributed by atoms with Crippen molar-refractivity contribution >= 4 is 47.1 Å². The predicted octanol–water partition coefficient (Wildman–Crippen LogP) is 3.55. The van der Waals surface area contributed by atoms with Crippen molar-refractivity contribution in [1.29, 1.82) is 0 Å². The Morgan fingerprint density at radius 1 is 1.17 bits per heavy atom. The third-order valence-corrected chi connectivity index (χ3v) is 3.48. The average molecular weight is 377 g/mol. The Balaban J connectivity index is 0.00000289. The van der Waals surface area contributed by atoms with E-state index in [-0.39, 0.29) is 24.0 Å². The Bertz CT molecular complexity index is 455. The molecule has 0 aliphatic rings. The minimum absolute atomic E-state index is 0. The summed E-state index contributed by atoms with van der Waals surface area (Å²) < 4.78 is 0. The van der Waals surface area contributed by atoms with Crippen LogP contribution >= 0.6 is 35.7 Å². The predicted molar refractivity (Wildman–Crippen MR) is 93.5 cm³/mol. The minimum Gasteiger partial charge on any atom is -0.377 e. The van der Waals surface area contributed by atoms with Crippen molar-refractivity contribution in [1.82, 2.24) is 0 Å². The monoisotopic (exact) mass is 377 g/mol. The quantitative estimate of drug-likeness (QED) is 0.371. The summed E-state index contributed by atoms with van der Waals surface area (Å²) in [5.74, 6) is 0. The van der Waals surface area contributed by atoms with Crippen LogP contribution in [0.15, 0.2) is 16.3 Å². The van der Waals surface area contributed by atoms with Crippen LogP contribution in [0.5, 0.6) is 0 Å². The summed E-state index contributed by atoms with van der Waals surface area (Å²) >= 11 is 1.39. The molecule has 0 bridgehead atoms. The Hall–Kier alpha value is -0.560. The maximum atomic E-state index is 5.57. The molecule has 0 unspecified atom stereocenters. The van der Waals surface area contributed by atoms with Crippen molar-refractivity contribution in [2.45, 2.75) is 27.7 Å². The topological polar surface area (TPSA) is 50.7 Å². The van der Waals surface area contributed by atoms with Crippen LogP contribution in [0.2, 0.25) is 0 Å². The molecule has 1 rings (SSSR count). The first-order chi connectivity index (χ1) is 7.97. The summed E-state index contributed by atoms with van der Waals surface area (Å²) in [4.78, 5) is 0. The molecule has 0 saturated carbocycles. The summed E-state index contributed by atoms with van der Waals surface area (Å²) in [7, 11) is 0. The first-order valence-corrected chi connectivity index (χ1v) is 6.67. The van der Waals surface area contributed by atoms with Gasteiger partial charge in [-0.2, -0.15) is 5.10 Å². The zero-order chi connectivity index (χ0) is 13.0. The van der Waals surface area contributed by atoms with Gasteiger partial charge in [-0.1, -0.05) is 17.8 Å². The van der Waals surface area contributed by atoms with E-state index in [1.165, 1.54) is 34.0 Å². The molecule has 100 valence electrons. The SMILES string of the molecule is CS/C(N)=N/N=C/c1c(C)c(C)cc(C)c1C.I. The van der Waals surface area contributed by atoms with Gasteiger partial charge in [-0.05, 0) is 56.2 Å². The lowest BCUT2D eigenvalue weighted by molar-refractivity contribution is 1.21. The van der Waals surface area contributed by atoms with E-state index >= 15 is 0 Å². The van der Waals surface area contributed by atoms with Gasteiger partial charge in [0.05, 0.1) is 6.21 Å². The Labute approximate surface area is 130 Å². The van der Waals surface area contributed by atoms with Gasteiger partial charge in [0.1, 0.15) is 0 Å². The lowest BCUT2D eigenvalue weighted by atomic mass is 9.95. The fourth-order valence-corrected chi connectivity index (χ4v) is 1.75. The third-order valence-electron chi connectivity index (χ3n) is 2.98. The second-order valence-corrected chi connectivity index (χ2v) is 4.89. The highest BCUT2D eigenvalue weighted by Crippen LogP contribution is 2.19. The Kier molecular flexibility index (Phi) is 7.54. The highest BCUT2D eigenvalue weighted by atomic mass is 127. The van der Waals surface area contributed by atoms with Gasteiger partial charge in [0.25, 0.3) is 0 Å². The summed E-state index contributed by atoms with van der Waals surface area (Å²) in [5, 5.41) is 8.41. The maximum absolute atomic E-state index is 5.57. The molecule has 0 fully saturated rings. The van der Waals surface area contributed by atoms with E-state index in [4.69, 9.17) is 5.73 Å². The number of aryl methyl sites for hydroxylation is 2. The van der Waals surface area contributed by atoms with Gasteiger partial charge in [-0.15, -0.1) is 29.1 Å². The van der Waals surface area contributed by atoms with Gasteiger partial charge in [-0.3, -0.25) is 0 Å². The molecule has 1 aromatic rings. The van der Waals surface area contributed by atoms with Crippen molar-refractivity contribution in [2.75, 3.05) is 6.26 Å². The summed E-state index contributed by atoms with van der Waals surface area (Å²) in [5.41, 5.74) is 11.8. The van der Waals surface area contributed by atoms with Gasteiger partial charge >= 0.3 is 0 Å². The summed E-state index contributed by atoms with van der Waals surface area (Å²) in [6.45, 7) is 8.42. The molecule has 0 radical (unpaired) electrons. The fraction of sp³-hybridized carbons (Fsp3) is 0.385. The first kappa shape index (κ1) is 17.4. The van der Waals surface area contributed by atoms with Crippen molar-refractivity contribution in [3.8, 4) is 0 Å². The molecule has 0 heterocycles. The number of halogens is 1. The molecule has 0 aromatic heterocycles. The van der Waals surface area contributed by atoms with Gasteiger partial charge < -0.3 is 5.73 Å². The molecule has 0 saturated heterocycles. The maximum Gasteiger partial charge on any atom is 0.180 e. The van der Waals surface area contributed by atoms with Gasteiger partial charge in [0.2, 0.25) is 0 Å². The standard InChI is InChI=1S/C13H19N3S.HI/c1-8-6-9(2)11(4)12(10(8)3)7-15-16-13(14)17-5;/h6-7H,1-5H3,(H2,14,16);1H/b15-7+;. The molecule has 3 nitrogen and oxygen atoms in total. The van der Waals surface area contributed by atoms with E-state index in [1.807, 2.05) is 6.26 Å². The number of rotatable bonds is 2. The van der Waals surface area contributed by atoms with Crippen molar-refractivity contribution < 1.29 is 0 Å². The largest absolute Gasteiger partial charge is 0.377 e. The van der Waals surface area contributed by atoms with Crippen LogP contribution in [-0.2, 0) is 0 Å². The molecule has 0 aliphatic carbocycles. The van der Waals surface area contributed by atoms with E-state index in [2.05, 4.69) is 44.0 Å². The number of hydrogen-bond donors (Lipinski definition) is 1. The lowest BCUT2D eigenvalue weighted by Crippen LogP contribution is -2.04. The molecule has 0 spiro atoms. The van der Waals surface area contributed by atoms with E-state index < -0.39 is 0 Å². The first-order valence-electron chi connectivity index (χ1n) is 5.45. The molecular formula is C13H20IN3S. The fourth-order valence-electron chi connectivity index (χ4n) is 1.63. The van der Waals surface area contributed by atoms with Crippen LogP contribution < -0.4 is 5.73 Å². The normalized spacial score (nSPS) is 11.7. The van der Waals surface area contributed by atoms with E-state index in [0.717, 1.165) is 5.56 Å². The van der Waals surface area contributed by atoms with Crippen LogP contribution in [0, 0.1) is 27.7 Å². The third kappa shape index (κ3) is 4.28. The van der Waals surface area contributed by atoms with E-state index in [1.54, 1.807) is 6.21 Å². The van der Waals surface area contributed by atoms with Crippen molar-refractivity contribution in [3.05, 3.63) is 33.9 Å². The molecular weight excluding hydrogens is 357 g/mol. The van der Waals surface area contributed by atoms with Crippen LogP contribution in [0.3, 0.4) is 0 Å². The highest BCUT2D eigenvalue weighted by molar-refractivity contribution is 14.0. The number of nitrogens with zero attached hydrogens (tertiary/aromatic N) is 2. The lowest BCUT2D eigenvalue weighted by Gasteiger charge is -2.11. The number of benzene rings is 1. The number of hydrogen-bond acceptors (Lipinski definition) is 3. The van der Waals surface area contributed by atoms with Gasteiger partial charge in [0, 0.05) is 5.56 Å². The van der Waals surface area contributed by atoms with Crippen molar-refractivity contribution in [3.63, 3.8) is 0 Å². The summed E-state index contributed by atoms with van der Waals surface area (Å²) in [6, 6.07) is 2.20. The molecule has 5 heteroatoms. The Morgan fingerprint density at radius 3 is 2.11 bits per heavy atom. The second-order valence-electron chi connectivity index (χ2n) is 4.06. The molecule has 0 amide bonds. The van der Waals surface area contributed by atoms with Crippen LogP contribution in [0.4, 0.5) is 0 Å². The Morgan fingerprint density at radius 2 is 1.67 bits per heavy atom. The summed E-state index contributed by atoms with van der Waals surface area (Å²) in [6.07, 6.45) is 3.66. The van der Waals surface area contributed by atoms with E-state index in [0.29, 0.717) is 5.17 Å².